The fraction of sp³-hybridized carbons (Fsp3) is 0.571. The van der Waals surface area contributed by atoms with Gasteiger partial charge in [0.15, 0.2) is 12.0 Å². The molecule has 0 amide bonds. The van der Waals surface area contributed by atoms with E-state index in [1.54, 1.807) is 0 Å². The Balaban J connectivity index is 2.21. The van der Waals surface area contributed by atoms with Crippen LogP contribution in [0.2, 0.25) is 0 Å². The van der Waals surface area contributed by atoms with E-state index in [2.05, 4.69) is 9.79 Å². The first kappa shape index (κ1) is 8.79. The zero-order chi connectivity index (χ0) is 10.1. The van der Waals surface area contributed by atoms with Gasteiger partial charge in [0.25, 0.3) is 6.20 Å². The Labute approximate surface area is 79.1 Å². The summed E-state index contributed by atoms with van der Waals surface area (Å²) in [6.45, 7) is 0.563. The first-order valence-electron chi connectivity index (χ1n) is 4.24. The molecular weight excluding hydrogens is 190 g/mol. The summed E-state index contributed by atoms with van der Waals surface area (Å²) in [5, 5.41) is 24.5. The highest BCUT2D eigenvalue weighted by Crippen LogP contribution is 2.12. The molecule has 0 radical (unpaired) electrons. The normalized spacial score (nSPS) is 21.4. The van der Waals surface area contributed by atoms with Gasteiger partial charge in [-0.1, -0.05) is 0 Å². The van der Waals surface area contributed by atoms with E-state index in [0.717, 1.165) is 17.4 Å². The second kappa shape index (κ2) is 3.17. The van der Waals surface area contributed by atoms with E-state index in [9.17, 15) is 9.90 Å². The number of aromatic nitrogens is 2. The van der Waals surface area contributed by atoms with Crippen LogP contribution in [0.1, 0.15) is 12.8 Å². The predicted octanol–water partition coefficient (Wildman–Crippen LogP) is -1.78. The molecule has 1 N–H and O–H groups in total. The van der Waals surface area contributed by atoms with E-state index in [-0.39, 0.29) is 0 Å². The summed E-state index contributed by atoms with van der Waals surface area (Å²) in [4.78, 5) is 12.0. The molecule has 76 valence electrons. The Hall–Kier alpha value is -1.79. The maximum absolute atomic E-state index is 10.8. The minimum Gasteiger partial charge on any atom is -0.539 e. The van der Waals surface area contributed by atoms with Crippen LogP contribution in [0.25, 0.3) is 0 Å². The zero-order valence-corrected chi connectivity index (χ0v) is 7.29. The lowest BCUT2D eigenvalue weighted by molar-refractivity contribution is -0.759. The monoisotopic (exact) mass is 199 g/mol. The molecule has 0 unspecified atom stereocenters. The lowest BCUT2D eigenvalue weighted by atomic mass is 10.2. The number of carbonyl (C=O) groups is 1. The molecule has 0 aromatic carbocycles. The number of carboxylic acid groups (broad SMARTS) is 1. The minimum absolute atomic E-state index is 0.559. The Morgan fingerprint density at radius 1 is 1.86 bits per heavy atom. The van der Waals surface area contributed by atoms with Crippen molar-refractivity contribution in [3.05, 3.63) is 6.20 Å². The molecule has 1 fully saturated rings. The molecule has 1 saturated heterocycles. The molecule has 1 atom stereocenters. The van der Waals surface area contributed by atoms with Gasteiger partial charge in [-0.3, -0.25) is 0 Å². The van der Waals surface area contributed by atoms with Gasteiger partial charge in [-0.15, -0.1) is 5.01 Å². The van der Waals surface area contributed by atoms with E-state index in [1.165, 1.54) is 5.01 Å². The van der Waals surface area contributed by atoms with Crippen LogP contribution < -0.4 is 14.9 Å². The highest BCUT2D eigenvalue weighted by Gasteiger charge is 2.37. The van der Waals surface area contributed by atoms with Gasteiger partial charge in [-0.25, -0.2) is 4.79 Å². The summed E-state index contributed by atoms with van der Waals surface area (Å²) >= 11 is 0. The van der Waals surface area contributed by atoms with Crippen LogP contribution in [0.4, 0.5) is 0 Å². The van der Waals surface area contributed by atoms with E-state index in [1.807, 2.05) is 0 Å². The molecule has 0 saturated carbocycles. The standard InChI is InChI=1S/C7H9N3O4/c11-6-4-10(8-14-6)9-3-1-2-5(9)7(12)13/h4-5H,1-3H2,(H-,8,11,12,13)/t5-/m0/s1. The van der Waals surface area contributed by atoms with Crippen molar-refractivity contribution in [2.45, 2.75) is 18.9 Å². The van der Waals surface area contributed by atoms with Crippen LogP contribution in [-0.2, 0) is 4.79 Å². The summed E-state index contributed by atoms with van der Waals surface area (Å²) in [7, 11) is 0. The molecule has 7 heteroatoms. The van der Waals surface area contributed by atoms with Gasteiger partial charge in [-0.2, -0.15) is 0 Å². The molecule has 1 aliphatic rings. The summed E-state index contributed by atoms with van der Waals surface area (Å²) in [5.41, 5.74) is 0. The molecule has 0 spiro atoms. The largest absolute Gasteiger partial charge is 0.539 e. The Bertz CT molecular complexity index is 350. The van der Waals surface area contributed by atoms with Crippen molar-refractivity contribution in [3.63, 3.8) is 0 Å². The highest BCUT2D eigenvalue weighted by molar-refractivity contribution is 5.75. The van der Waals surface area contributed by atoms with E-state index in [0.29, 0.717) is 13.0 Å². The number of carboxylic acids is 1. The summed E-state index contributed by atoms with van der Waals surface area (Å²) < 4.78 is 4.33. The van der Waals surface area contributed by atoms with E-state index < -0.39 is 18.0 Å². The lowest BCUT2D eigenvalue weighted by Gasteiger charge is -2.11. The van der Waals surface area contributed by atoms with Crippen LogP contribution in [0.5, 0.6) is 5.95 Å². The zero-order valence-electron chi connectivity index (χ0n) is 7.29. The number of nitrogens with zero attached hydrogens (tertiary/aromatic N) is 3. The summed E-state index contributed by atoms with van der Waals surface area (Å²) in [6.07, 6.45) is 2.45. The van der Waals surface area contributed by atoms with Gasteiger partial charge in [0.2, 0.25) is 0 Å². The predicted molar refractivity (Wildman–Crippen MR) is 39.9 cm³/mol. The van der Waals surface area contributed by atoms with Gasteiger partial charge >= 0.3 is 5.97 Å². The number of hydrogen-bond donors (Lipinski definition) is 1. The second-order valence-electron chi connectivity index (χ2n) is 3.10. The van der Waals surface area contributed by atoms with Crippen molar-refractivity contribution >= 4 is 5.97 Å². The van der Waals surface area contributed by atoms with Crippen LogP contribution in [0, 0.1) is 0 Å². The van der Waals surface area contributed by atoms with Crippen LogP contribution >= 0.6 is 0 Å². The molecule has 2 rings (SSSR count). The number of rotatable bonds is 2. The van der Waals surface area contributed by atoms with Crippen LogP contribution in [-0.4, -0.2) is 28.9 Å². The Kier molecular flexibility index (Phi) is 1.99. The third-order valence-corrected chi connectivity index (χ3v) is 2.21. The van der Waals surface area contributed by atoms with E-state index in [4.69, 9.17) is 5.11 Å². The van der Waals surface area contributed by atoms with Gasteiger partial charge in [0.1, 0.15) is 5.27 Å². The second-order valence-corrected chi connectivity index (χ2v) is 3.10. The fourth-order valence-corrected chi connectivity index (χ4v) is 1.59. The first-order valence-corrected chi connectivity index (χ1v) is 4.24. The number of aliphatic carboxylic acids is 1. The molecule has 2 heterocycles. The van der Waals surface area contributed by atoms with Crippen molar-refractivity contribution in [1.82, 2.24) is 5.27 Å². The Morgan fingerprint density at radius 2 is 2.64 bits per heavy atom. The maximum Gasteiger partial charge on any atom is 0.332 e. The van der Waals surface area contributed by atoms with Gasteiger partial charge in [0.05, 0.1) is 6.54 Å². The molecule has 1 aromatic heterocycles. The maximum atomic E-state index is 10.8. The van der Waals surface area contributed by atoms with Crippen molar-refractivity contribution in [1.29, 1.82) is 0 Å². The molecule has 0 aliphatic carbocycles. The summed E-state index contributed by atoms with van der Waals surface area (Å²) in [5.74, 6) is -1.49. The lowest BCUT2D eigenvalue weighted by Crippen LogP contribution is -2.62. The molecule has 7 nitrogen and oxygen atoms in total. The van der Waals surface area contributed by atoms with Crippen molar-refractivity contribution in [3.8, 4) is 5.95 Å². The average Bonchev–Trinajstić information content (AvgIpc) is 2.70. The number of hydrogen-bond acceptors (Lipinski definition) is 5. The molecule has 1 aliphatic heterocycles. The highest BCUT2D eigenvalue weighted by atomic mass is 16.6. The van der Waals surface area contributed by atoms with Crippen molar-refractivity contribution in [2.75, 3.05) is 11.6 Å². The summed E-state index contributed by atoms with van der Waals surface area (Å²) in [6, 6.07) is -0.621. The van der Waals surface area contributed by atoms with Gasteiger partial charge < -0.3 is 14.7 Å². The quantitative estimate of drug-likeness (QED) is 0.566. The van der Waals surface area contributed by atoms with Gasteiger partial charge in [0, 0.05) is 4.79 Å². The third-order valence-electron chi connectivity index (χ3n) is 2.21. The van der Waals surface area contributed by atoms with Crippen molar-refractivity contribution < 1.29 is 24.3 Å². The Morgan fingerprint density at radius 3 is 3.21 bits per heavy atom. The smallest absolute Gasteiger partial charge is 0.332 e. The fourth-order valence-electron chi connectivity index (χ4n) is 1.59. The topological polar surface area (TPSA) is 93.5 Å². The molecule has 0 bridgehead atoms. The minimum atomic E-state index is -0.912. The van der Waals surface area contributed by atoms with Crippen LogP contribution in [0.3, 0.4) is 0 Å². The first-order chi connectivity index (χ1) is 6.68. The van der Waals surface area contributed by atoms with Crippen LogP contribution in [0.15, 0.2) is 10.7 Å². The SMILES string of the molecule is O=C(O)[C@@H]1CCCN1[n+]1cc([O-])on1. The molecule has 14 heavy (non-hydrogen) atoms. The van der Waals surface area contributed by atoms with Crippen molar-refractivity contribution in [2.24, 2.45) is 0 Å². The third kappa shape index (κ3) is 1.36. The van der Waals surface area contributed by atoms with E-state index >= 15 is 0 Å². The molecule has 1 aromatic rings. The van der Waals surface area contributed by atoms with Gasteiger partial charge in [-0.05, 0) is 12.8 Å². The molecular formula is C7H9N3O4. The average molecular weight is 199 g/mol.